The molecule has 1 N–H and O–H groups in total. The van der Waals surface area contributed by atoms with Crippen LogP contribution in [-0.2, 0) is 0 Å². The van der Waals surface area contributed by atoms with Crippen molar-refractivity contribution in [1.29, 1.82) is 0 Å². The molecule has 0 radical (unpaired) electrons. The highest BCUT2D eigenvalue weighted by Gasteiger charge is 2.11. The Kier molecular flexibility index (Phi) is 4.16. The maximum Gasteiger partial charge on any atom is 0.336 e. The molecular weight excluding hydrogens is 358 g/mol. The second-order valence-corrected chi connectivity index (χ2v) is 5.81. The molecule has 0 fully saturated rings. The molecule has 0 saturated carbocycles. The van der Waals surface area contributed by atoms with Gasteiger partial charge in [0, 0.05) is 23.5 Å². The predicted molar refractivity (Wildman–Crippen MR) is 92.3 cm³/mol. The number of benzene rings is 1. The normalized spacial score (nSPS) is 11.7. The van der Waals surface area contributed by atoms with Crippen LogP contribution in [-0.4, -0.2) is 26.0 Å². The zero-order chi connectivity index (χ0) is 16.4. The first-order valence-electron chi connectivity index (χ1n) is 6.84. The quantitative estimate of drug-likeness (QED) is 0.756. The van der Waals surface area contributed by atoms with Gasteiger partial charge in [0.25, 0.3) is 0 Å². The molecule has 0 atom stereocenters. The number of hydrogen-bond acceptors (Lipinski definition) is 4. The van der Waals surface area contributed by atoms with Crippen molar-refractivity contribution in [2.75, 3.05) is 0 Å². The van der Waals surface area contributed by atoms with E-state index in [1.54, 1.807) is 36.7 Å². The summed E-state index contributed by atoms with van der Waals surface area (Å²) in [5.41, 5.74) is 2.41. The molecule has 0 amide bonds. The molecule has 114 valence electrons. The second kappa shape index (κ2) is 6.26. The molecule has 0 bridgehead atoms. The fraction of sp³-hybridized carbons (Fsp3) is 0.0588. The van der Waals surface area contributed by atoms with E-state index in [9.17, 15) is 9.90 Å². The van der Waals surface area contributed by atoms with Crippen LogP contribution >= 0.6 is 15.9 Å². The Bertz CT molecular complexity index is 938. The van der Waals surface area contributed by atoms with Gasteiger partial charge in [-0.25, -0.2) is 14.8 Å². The first-order valence-corrected chi connectivity index (χ1v) is 7.63. The van der Waals surface area contributed by atoms with Crippen LogP contribution < -0.4 is 0 Å². The van der Waals surface area contributed by atoms with Gasteiger partial charge in [0.2, 0.25) is 0 Å². The summed E-state index contributed by atoms with van der Waals surface area (Å²) >= 11 is 3.45. The fourth-order valence-electron chi connectivity index (χ4n) is 2.24. The van der Waals surface area contributed by atoms with Gasteiger partial charge in [0.15, 0.2) is 5.82 Å². The Morgan fingerprint density at radius 1 is 1.22 bits per heavy atom. The summed E-state index contributed by atoms with van der Waals surface area (Å²) in [6.07, 6.45) is 5.10. The van der Waals surface area contributed by atoms with Crippen molar-refractivity contribution in [3.8, 4) is 0 Å². The number of aromatic nitrogens is 3. The van der Waals surface area contributed by atoms with Crippen molar-refractivity contribution < 1.29 is 9.90 Å². The zero-order valence-electron chi connectivity index (χ0n) is 12.2. The molecule has 0 spiro atoms. The number of carbonyl (C=O) groups is 1. The Morgan fingerprint density at radius 3 is 2.78 bits per heavy atom. The number of halogens is 1. The maximum atomic E-state index is 11.5. The summed E-state index contributed by atoms with van der Waals surface area (Å²) in [5.74, 6) is -0.441. The molecule has 2 aromatic heterocycles. The average Bonchev–Trinajstić information content (AvgIpc) is 2.54. The molecular formula is C17H12BrN3O2. The Morgan fingerprint density at radius 2 is 2.04 bits per heavy atom. The summed E-state index contributed by atoms with van der Waals surface area (Å²) in [7, 11) is 0. The number of carboxylic acid groups (broad SMARTS) is 1. The zero-order valence-corrected chi connectivity index (χ0v) is 13.8. The second-order valence-electron chi connectivity index (χ2n) is 4.96. The van der Waals surface area contributed by atoms with Gasteiger partial charge < -0.3 is 5.11 Å². The van der Waals surface area contributed by atoms with E-state index in [-0.39, 0.29) is 5.56 Å². The van der Waals surface area contributed by atoms with Gasteiger partial charge in [-0.05, 0) is 58.8 Å². The topological polar surface area (TPSA) is 76.0 Å². The van der Waals surface area contributed by atoms with E-state index in [4.69, 9.17) is 0 Å². The fourth-order valence-corrected chi connectivity index (χ4v) is 2.69. The molecule has 0 unspecified atom stereocenters. The number of fused-ring (bicyclic) bond motifs is 1. The van der Waals surface area contributed by atoms with Crippen molar-refractivity contribution in [2.45, 2.75) is 6.92 Å². The van der Waals surface area contributed by atoms with Gasteiger partial charge in [-0.3, -0.25) is 4.98 Å². The minimum absolute atomic E-state index is 0.215. The Labute approximate surface area is 140 Å². The molecule has 1 aromatic carbocycles. The van der Waals surface area contributed by atoms with Gasteiger partial charge in [0.1, 0.15) is 0 Å². The van der Waals surface area contributed by atoms with E-state index in [2.05, 4.69) is 30.9 Å². The van der Waals surface area contributed by atoms with Crippen molar-refractivity contribution in [1.82, 2.24) is 15.0 Å². The Balaban J connectivity index is 2.13. The highest BCUT2D eigenvalue weighted by molar-refractivity contribution is 9.15. The third kappa shape index (κ3) is 3.27. The van der Waals surface area contributed by atoms with Crippen LogP contribution in [0.5, 0.6) is 0 Å². The summed E-state index contributed by atoms with van der Waals surface area (Å²) in [6, 6.07) is 8.73. The number of aryl methyl sites for hydroxylation is 1. The van der Waals surface area contributed by atoms with Crippen molar-refractivity contribution >= 4 is 43.4 Å². The standard InChI is InChI=1S/C17H12BrN3O2/c1-10-4-6-20-16(21-10)14(18)8-11-7-13(17(22)23)12-3-2-5-19-15(12)9-11/h2-9H,1H3,(H,22,23)/b14-8+. The molecule has 5 nitrogen and oxygen atoms in total. The van der Waals surface area contributed by atoms with Crippen LogP contribution in [0.25, 0.3) is 21.5 Å². The molecule has 23 heavy (non-hydrogen) atoms. The minimum Gasteiger partial charge on any atom is -0.478 e. The summed E-state index contributed by atoms with van der Waals surface area (Å²) in [6.45, 7) is 1.88. The summed E-state index contributed by atoms with van der Waals surface area (Å²) in [5, 5.41) is 10.0. The molecule has 2 heterocycles. The number of carboxylic acids is 1. The van der Waals surface area contributed by atoms with Crippen LogP contribution in [0, 0.1) is 6.92 Å². The number of aromatic carboxylic acids is 1. The van der Waals surface area contributed by atoms with E-state index in [1.165, 1.54) is 0 Å². The van der Waals surface area contributed by atoms with Crippen molar-refractivity contribution in [3.63, 3.8) is 0 Å². The van der Waals surface area contributed by atoms with Gasteiger partial charge in [-0.1, -0.05) is 6.07 Å². The van der Waals surface area contributed by atoms with Crippen LogP contribution in [0.1, 0.15) is 27.4 Å². The maximum absolute atomic E-state index is 11.5. The predicted octanol–water partition coefficient (Wildman–Crippen LogP) is 3.92. The smallest absolute Gasteiger partial charge is 0.336 e. The molecule has 3 rings (SSSR count). The lowest BCUT2D eigenvalue weighted by Gasteiger charge is -2.05. The lowest BCUT2D eigenvalue weighted by atomic mass is 10.0. The third-order valence-corrected chi connectivity index (χ3v) is 3.86. The average molecular weight is 370 g/mol. The van der Waals surface area contributed by atoms with Gasteiger partial charge in [-0.15, -0.1) is 0 Å². The first kappa shape index (κ1) is 15.3. The van der Waals surface area contributed by atoms with Gasteiger partial charge >= 0.3 is 5.97 Å². The van der Waals surface area contributed by atoms with Gasteiger partial charge in [-0.2, -0.15) is 0 Å². The van der Waals surface area contributed by atoms with Crippen molar-refractivity contribution in [2.24, 2.45) is 0 Å². The third-order valence-electron chi connectivity index (χ3n) is 3.28. The highest BCUT2D eigenvalue weighted by Crippen LogP contribution is 2.25. The van der Waals surface area contributed by atoms with E-state index >= 15 is 0 Å². The Hall–Kier alpha value is -2.60. The highest BCUT2D eigenvalue weighted by atomic mass is 79.9. The van der Waals surface area contributed by atoms with Crippen LogP contribution in [0.15, 0.2) is 42.7 Å². The molecule has 0 saturated heterocycles. The first-order chi connectivity index (χ1) is 11.0. The molecule has 0 aliphatic carbocycles. The number of rotatable bonds is 3. The number of nitrogens with zero attached hydrogens (tertiary/aromatic N) is 3. The van der Waals surface area contributed by atoms with E-state index in [0.29, 0.717) is 26.8 Å². The van der Waals surface area contributed by atoms with Crippen LogP contribution in [0.3, 0.4) is 0 Å². The molecule has 0 aliphatic heterocycles. The summed E-state index contributed by atoms with van der Waals surface area (Å²) < 4.78 is 0.674. The largest absolute Gasteiger partial charge is 0.478 e. The van der Waals surface area contributed by atoms with E-state index in [0.717, 1.165) is 5.69 Å². The SMILES string of the molecule is Cc1ccnc(/C(Br)=C\c2cc(C(=O)O)c3cccnc3c2)n1. The lowest BCUT2D eigenvalue weighted by Crippen LogP contribution is -1.99. The summed E-state index contributed by atoms with van der Waals surface area (Å²) in [4.78, 5) is 24.3. The van der Waals surface area contributed by atoms with Crippen LogP contribution in [0.2, 0.25) is 0 Å². The lowest BCUT2D eigenvalue weighted by molar-refractivity contribution is 0.0699. The van der Waals surface area contributed by atoms with Gasteiger partial charge in [0.05, 0.1) is 15.6 Å². The molecule has 3 aromatic rings. The van der Waals surface area contributed by atoms with Crippen LogP contribution in [0.4, 0.5) is 0 Å². The minimum atomic E-state index is -0.985. The monoisotopic (exact) mass is 369 g/mol. The van der Waals surface area contributed by atoms with Crippen molar-refractivity contribution in [3.05, 3.63) is 65.4 Å². The van der Waals surface area contributed by atoms with E-state index < -0.39 is 5.97 Å². The molecule has 0 aliphatic rings. The number of hydrogen-bond donors (Lipinski definition) is 1. The number of pyridine rings is 1. The molecule has 6 heteroatoms. The van der Waals surface area contributed by atoms with E-state index in [1.807, 2.05) is 19.1 Å².